The minimum absolute atomic E-state index is 0.0000823. The Morgan fingerprint density at radius 3 is 2.89 bits per heavy atom. The van der Waals surface area contributed by atoms with Crippen LogP contribution in [0.1, 0.15) is 36.0 Å². The Bertz CT molecular complexity index is 816. The highest BCUT2D eigenvalue weighted by Crippen LogP contribution is 2.43. The lowest BCUT2D eigenvalue weighted by Gasteiger charge is -2.43. The molecule has 1 amide bonds. The van der Waals surface area contributed by atoms with Crippen molar-refractivity contribution in [2.24, 2.45) is 0 Å². The van der Waals surface area contributed by atoms with Gasteiger partial charge in [-0.2, -0.15) is 0 Å². The SMILES string of the molecule is CO[C@@]12CC[C@H](Oc3ccccn3)C[C@@H]1N(C(=O)c1cccc(Cl)c1)CC2. The summed E-state index contributed by atoms with van der Waals surface area (Å²) in [6, 6.07) is 12.7. The van der Waals surface area contributed by atoms with Crippen molar-refractivity contribution in [3.63, 3.8) is 0 Å². The number of amides is 1. The van der Waals surface area contributed by atoms with Crippen LogP contribution in [0.3, 0.4) is 0 Å². The third-order valence-electron chi connectivity index (χ3n) is 5.80. The Balaban J connectivity index is 1.55. The number of carbonyl (C=O) groups excluding carboxylic acids is 1. The molecule has 1 saturated carbocycles. The number of hydrogen-bond acceptors (Lipinski definition) is 4. The summed E-state index contributed by atoms with van der Waals surface area (Å²) in [5.74, 6) is 0.623. The van der Waals surface area contributed by atoms with Crippen LogP contribution in [0.2, 0.25) is 5.02 Å². The maximum atomic E-state index is 13.1. The van der Waals surface area contributed by atoms with E-state index in [1.54, 1.807) is 25.4 Å². The summed E-state index contributed by atoms with van der Waals surface area (Å²) in [4.78, 5) is 19.3. The number of likely N-dealkylation sites (tertiary alicyclic amines) is 1. The van der Waals surface area contributed by atoms with Gasteiger partial charge in [0.15, 0.2) is 0 Å². The van der Waals surface area contributed by atoms with Crippen LogP contribution in [0.4, 0.5) is 0 Å². The summed E-state index contributed by atoms with van der Waals surface area (Å²) in [5.41, 5.74) is 0.320. The second-order valence-corrected chi connectivity index (χ2v) is 7.66. The molecule has 5 nitrogen and oxygen atoms in total. The lowest BCUT2D eigenvalue weighted by atomic mass is 9.79. The third kappa shape index (κ3) is 3.54. The largest absolute Gasteiger partial charge is 0.474 e. The van der Waals surface area contributed by atoms with Crippen molar-refractivity contribution < 1.29 is 14.3 Å². The molecule has 4 rings (SSSR count). The van der Waals surface area contributed by atoms with Crippen LogP contribution in [-0.2, 0) is 4.74 Å². The first-order valence-electron chi connectivity index (χ1n) is 9.31. The molecule has 2 aromatic rings. The summed E-state index contributed by atoms with van der Waals surface area (Å²) in [5, 5.41) is 0.568. The van der Waals surface area contributed by atoms with E-state index < -0.39 is 0 Å². The fourth-order valence-electron chi connectivity index (χ4n) is 4.39. The average Bonchev–Trinajstić information content (AvgIpc) is 3.07. The summed E-state index contributed by atoms with van der Waals surface area (Å²) in [6.45, 7) is 0.681. The zero-order valence-electron chi connectivity index (χ0n) is 15.3. The van der Waals surface area contributed by atoms with Crippen LogP contribution >= 0.6 is 11.6 Å². The number of nitrogens with zero attached hydrogens (tertiary/aromatic N) is 2. The van der Waals surface area contributed by atoms with Gasteiger partial charge in [-0.3, -0.25) is 4.79 Å². The molecule has 27 heavy (non-hydrogen) atoms. The molecule has 0 N–H and O–H groups in total. The van der Waals surface area contributed by atoms with Gasteiger partial charge < -0.3 is 14.4 Å². The van der Waals surface area contributed by atoms with Crippen LogP contribution in [0, 0.1) is 0 Å². The molecule has 0 radical (unpaired) electrons. The highest BCUT2D eigenvalue weighted by Gasteiger charge is 2.53. The predicted molar refractivity (Wildman–Crippen MR) is 103 cm³/mol. The normalized spacial score (nSPS) is 27.3. The van der Waals surface area contributed by atoms with Crippen LogP contribution in [-0.4, -0.2) is 47.2 Å². The number of halogens is 1. The molecule has 0 unspecified atom stereocenters. The molecule has 1 aliphatic heterocycles. The molecule has 2 fully saturated rings. The lowest BCUT2D eigenvalue weighted by Crippen LogP contribution is -2.53. The summed E-state index contributed by atoms with van der Waals surface area (Å²) in [6.07, 6.45) is 5.07. The Labute approximate surface area is 164 Å². The second kappa shape index (κ2) is 7.49. The fourth-order valence-corrected chi connectivity index (χ4v) is 4.58. The number of methoxy groups -OCH3 is 1. The average molecular weight is 387 g/mol. The summed E-state index contributed by atoms with van der Waals surface area (Å²) < 4.78 is 12.0. The quantitative estimate of drug-likeness (QED) is 0.797. The molecular weight excluding hydrogens is 364 g/mol. The third-order valence-corrected chi connectivity index (χ3v) is 6.03. The Morgan fingerprint density at radius 1 is 1.26 bits per heavy atom. The van der Waals surface area contributed by atoms with E-state index in [1.165, 1.54) is 0 Å². The molecule has 142 valence electrons. The molecule has 1 aliphatic carbocycles. The molecule has 1 saturated heterocycles. The zero-order valence-corrected chi connectivity index (χ0v) is 16.1. The molecule has 2 aliphatic rings. The molecule has 0 spiro atoms. The molecule has 6 heteroatoms. The lowest BCUT2D eigenvalue weighted by molar-refractivity contribution is -0.0788. The molecule has 0 bridgehead atoms. The van der Waals surface area contributed by atoms with Gasteiger partial charge in [-0.1, -0.05) is 23.7 Å². The topological polar surface area (TPSA) is 51.7 Å². The van der Waals surface area contributed by atoms with E-state index >= 15 is 0 Å². The van der Waals surface area contributed by atoms with Crippen LogP contribution in [0.25, 0.3) is 0 Å². The maximum absolute atomic E-state index is 13.1. The van der Waals surface area contributed by atoms with Gasteiger partial charge in [0.1, 0.15) is 6.10 Å². The summed E-state index contributed by atoms with van der Waals surface area (Å²) >= 11 is 6.08. The van der Waals surface area contributed by atoms with Crippen molar-refractivity contribution in [2.45, 2.75) is 43.4 Å². The fraction of sp³-hybridized carbons (Fsp3) is 0.429. The van der Waals surface area contributed by atoms with Gasteiger partial charge in [0.25, 0.3) is 5.91 Å². The number of rotatable bonds is 4. The highest BCUT2D eigenvalue weighted by molar-refractivity contribution is 6.30. The predicted octanol–water partition coefficient (Wildman–Crippen LogP) is 3.97. The Hall–Kier alpha value is -2.11. The van der Waals surface area contributed by atoms with E-state index in [-0.39, 0.29) is 23.7 Å². The van der Waals surface area contributed by atoms with Gasteiger partial charge in [0.05, 0.1) is 11.6 Å². The highest BCUT2D eigenvalue weighted by atomic mass is 35.5. The van der Waals surface area contributed by atoms with Crippen molar-refractivity contribution >= 4 is 17.5 Å². The van der Waals surface area contributed by atoms with E-state index in [1.807, 2.05) is 35.2 Å². The molecule has 1 aromatic carbocycles. The minimum atomic E-state index is -0.293. The Morgan fingerprint density at radius 2 is 2.15 bits per heavy atom. The zero-order chi connectivity index (χ0) is 18.9. The molecular formula is C21H23ClN2O3. The van der Waals surface area contributed by atoms with Gasteiger partial charge >= 0.3 is 0 Å². The number of aromatic nitrogens is 1. The number of fused-ring (bicyclic) bond motifs is 1. The summed E-state index contributed by atoms with van der Waals surface area (Å²) in [7, 11) is 1.75. The van der Waals surface area contributed by atoms with Gasteiger partial charge in [0.2, 0.25) is 5.88 Å². The molecule has 3 atom stereocenters. The van der Waals surface area contributed by atoms with Crippen molar-refractivity contribution in [2.75, 3.05) is 13.7 Å². The smallest absolute Gasteiger partial charge is 0.254 e. The van der Waals surface area contributed by atoms with Crippen LogP contribution in [0.5, 0.6) is 5.88 Å². The van der Waals surface area contributed by atoms with Crippen molar-refractivity contribution in [3.8, 4) is 5.88 Å². The van der Waals surface area contributed by atoms with E-state index in [0.717, 1.165) is 25.7 Å². The molecule has 2 heterocycles. The monoisotopic (exact) mass is 386 g/mol. The van der Waals surface area contributed by atoms with Crippen molar-refractivity contribution in [3.05, 3.63) is 59.2 Å². The van der Waals surface area contributed by atoms with Gasteiger partial charge in [0, 0.05) is 42.9 Å². The second-order valence-electron chi connectivity index (χ2n) is 7.23. The van der Waals surface area contributed by atoms with E-state index in [9.17, 15) is 4.79 Å². The van der Waals surface area contributed by atoms with Crippen molar-refractivity contribution in [1.29, 1.82) is 0 Å². The minimum Gasteiger partial charge on any atom is -0.474 e. The Kier molecular flexibility index (Phi) is 5.06. The van der Waals surface area contributed by atoms with E-state index in [4.69, 9.17) is 21.1 Å². The number of carbonyl (C=O) groups is 1. The van der Waals surface area contributed by atoms with Crippen LogP contribution < -0.4 is 4.74 Å². The standard InChI is InChI=1S/C21H23ClN2O3/c1-26-21-9-8-17(27-19-7-2-3-11-23-19)14-18(21)24(12-10-21)20(25)15-5-4-6-16(22)13-15/h2-7,11,13,17-18H,8-10,12,14H2,1H3/t17-,18-,21+/m0/s1. The van der Waals surface area contributed by atoms with Gasteiger partial charge in [-0.05, 0) is 43.5 Å². The first kappa shape index (κ1) is 18.3. The number of ether oxygens (including phenoxy) is 2. The number of pyridine rings is 1. The van der Waals surface area contributed by atoms with E-state index in [0.29, 0.717) is 23.0 Å². The van der Waals surface area contributed by atoms with Gasteiger partial charge in [-0.15, -0.1) is 0 Å². The van der Waals surface area contributed by atoms with Gasteiger partial charge in [-0.25, -0.2) is 4.98 Å². The van der Waals surface area contributed by atoms with Crippen molar-refractivity contribution in [1.82, 2.24) is 9.88 Å². The molecule has 1 aromatic heterocycles. The first-order chi connectivity index (χ1) is 13.1. The number of benzene rings is 1. The maximum Gasteiger partial charge on any atom is 0.254 e. The van der Waals surface area contributed by atoms with E-state index in [2.05, 4.69) is 4.98 Å². The number of hydrogen-bond donors (Lipinski definition) is 0. The van der Waals surface area contributed by atoms with Crippen LogP contribution in [0.15, 0.2) is 48.7 Å². The first-order valence-corrected chi connectivity index (χ1v) is 9.68.